The van der Waals surface area contributed by atoms with Crippen molar-refractivity contribution in [2.45, 2.75) is 33.6 Å². The Bertz CT molecular complexity index is 244. The van der Waals surface area contributed by atoms with Gasteiger partial charge in [-0.2, -0.15) is 0 Å². The predicted octanol–water partition coefficient (Wildman–Crippen LogP) is 2.00. The highest BCUT2D eigenvalue weighted by Crippen LogP contribution is 2.15. The highest BCUT2D eigenvalue weighted by atomic mass is 15.2. The van der Waals surface area contributed by atoms with Gasteiger partial charge in [0.1, 0.15) is 0 Å². The molecule has 0 bridgehead atoms. The van der Waals surface area contributed by atoms with Gasteiger partial charge in [-0.1, -0.05) is 18.6 Å². The highest BCUT2D eigenvalue weighted by molar-refractivity contribution is 5.78. The fourth-order valence-electron chi connectivity index (χ4n) is 1.66. The first-order chi connectivity index (χ1) is 7.09. The Labute approximate surface area is 93.1 Å². The van der Waals surface area contributed by atoms with Crippen LogP contribution in [-0.2, 0) is 0 Å². The Morgan fingerprint density at radius 3 is 2.53 bits per heavy atom. The van der Waals surface area contributed by atoms with Crippen molar-refractivity contribution >= 4 is 5.96 Å². The maximum Gasteiger partial charge on any atom is 0.191 e. The molecule has 1 heterocycles. The summed E-state index contributed by atoms with van der Waals surface area (Å²) in [6.45, 7) is 9.29. The van der Waals surface area contributed by atoms with Crippen molar-refractivity contribution in [2.75, 3.05) is 19.6 Å². The van der Waals surface area contributed by atoms with E-state index in [1.54, 1.807) is 0 Å². The molecule has 0 aliphatic carbocycles. The van der Waals surface area contributed by atoms with Gasteiger partial charge in [0.05, 0.1) is 6.54 Å². The van der Waals surface area contributed by atoms with Gasteiger partial charge < -0.3 is 10.6 Å². The van der Waals surface area contributed by atoms with Gasteiger partial charge in [-0.15, -0.1) is 0 Å². The molecule has 0 saturated carbocycles. The molecular formula is C12H23N3. The average molecular weight is 209 g/mol. The number of nitrogens with two attached hydrogens (primary N) is 1. The van der Waals surface area contributed by atoms with Crippen LogP contribution in [0.3, 0.4) is 0 Å². The monoisotopic (exact) mass is 209 g/mol. The smallest absolute Gasteiger partial charge is 0.191 e. The summed E-state index contributed by atoms with van der Waals surface area (Å²) in [5.74, 6) is 1.55. The molecule has 0 unspecified atom stereocenters. The van der Waals surface area contributed by atoms with E-state index in [0.717, 1.165) is 19.0 Å². The fourth-order valence-corrected chi connectivity index (χ4v) is 1.66. The van der Waals surface area contributed by atoms with Gasteiger partial charge in [0.2, 0.25) is 0 Å². The molecule has 2 N–H and O–H groups in total. The zero-order chi connectivity index (χ0) is 11.3. The fraction of sp³-hybridized carbons (Fsp3) is 0.750. The van der Waals surface area contributed by atoms with E-state index in [1.165, 1.54) is 18.4 Å². The maximum atomic E-state index is 5.93. The Hall–Kier alpha value is -0.990. The van der Waals surface area contributed by atoms with Crippen molar-refractivity contribution in [3.8, 4) is 0 Å². The summed E-state index contributed by atoms with van der Waals surface area (Å²) in [6, 6.07) is 0. The molecule has 0 aromatic carbocycles. The summed E-state index contributed by atoms with van der Waals surface area (Å²) < 4.78 is 0. The van der Waals surface area contributed by atoms with Crippen molar-refractivity contribution in [1.29, 1.82) is 0 Å². The van der Waals surface area contributed by atoms with E-state index >= 15 is 0 Å². The molecule has 0 aromatic rings. The summed E-state index contributed by atoms with van der Waals surface area (Å²) in [5, 5.41) is 0. The zero-order valence-electron chi connectivity index (χ0n) is 10.2. The normalized spacial score (nSPS) is 19.1. The van der Waals surface area contributed by atoms with Crippen LogP contribution < -0.4 is 5.73 Å². The third kappa shape index (κ3) is 4.36. The zero-order valence-corrected chi connectivity index (χ0v) is 10.2. The molecule has 0 amide bonds. The van der Waals surface area contributed by atoms with E-state index in [-0.39, 0.29) is 0 Å². The summed E-state index contributed by atoms with van der Waals surface area (Å²) in [6.07, 6.45) is 4.57. The second kappa shape index (κ2) is 5.79. The van der Waals surface area contributed by atoms with Crippen molar-refractivity contribution in [2.24, 2.45) is 16.6 Å². The molecule has 1 aliphatic rings. The number of aliphatic imine (C=N–C) groups is 1. The summed E-state index contributed by atoms with van der Waals surface area (Å²) >= 11 is 0. The molecule has 15 heavy (non-hydrogen) atoms. The van der Waals surface area contributed by atoms with E-state index in [1.807, 2.05) is 0 Å². The van der Waals surface area contributed by atoms with Crippen LogP contribution in [0.2, 0.25) is 0 Å². The Morgan fingerprint density at radius 2 is 2.00 bits per heavy atom. The minimum absolute atomic E-state index is 0.708. The lowest BCUT2D eigenvalue weighted by atomic mass is 10.00. The molecule has 86 valence electrons. The van der Waals surface area contributed by atoms with Gasteiger partial charge in [-0.25, -0.2) is 4.99 Å². The van der Waals surface area contributed by atoms with Gasteiger partial charge in [0.25, 0.3) is 0 Å². The molecule has 1 aliphatic heterocycles. The van der Waals surface area contributed by atoms with Gasteiger partial charge in [0.15, 0.2) is 5.96 Å². The molecule has 3 heteroatoms. The second-order valence-corrected chi connectivity index (χ2v) is 4.65. The molecule has 0 aromatic heterocycles. The lowest BCUT2D eigenvalue weighted by Crippen LogP contribution is -2.42. The molecular weight excluding hydrogens is 186 g/mol. The van der Waals surface area contributed by atoms with Crippen LogP contribution in [0.1, 0.15) is 33.6 Å². The number of hydrogen-bond donors (Lipinski definition) is 1. The van der Waals surface area contributed by atoms with Crippen molar-refractivity contribution in [3.63, 3.8) is 0 Å². The topological polar surface area (TPSA) is 41.6 Å². The van der Waals surface area contributed by atoms with E-state index in [0.29, 0.717) is 12.5 Å². The van der Waals surface area contributed by atoms with E-state index in [2.05, 4.69) is 36.7 Å². The first kappa shape index (κ1) is 12.1. The molecule has 0 atom stereocenters. The first-order valence-electron chi connectivity index (χ1n) is 5.78. The largest absolute Gasteiger partial charge is 0.370 e. The van der Waals surface area contributed by atoms with Crippen molar-refractivity contribution in [1.82, 2.24) is 4.90 Å². The molecule has 1 fully saturated rings. The molecule has 0 radical (unpaired) electrons. The minimum atomic E-state index is 0.708. The van der Waals surface area contributed by atoms with Gasteiger partial charge >= 0.3 is 0 Å². The van der Waals surface area contributed by atoms with Crippen molar-refractivity contribution in [3.05, 3.63) is 11.6 Å². The third-order valence-electron chi connectivity index (χ3n) is 2.86. The molecule has 3 nitrogen and oxygen atoms in total. The number of likely N-dealkylation sites (tertiary alicyclic amines) is 1. The third-order valence-corrected chi connectivity index (χ3v) is 2.86. The van der Waals surface area contributed by atoms with Gasteiger partial charge in [-0.05, 0) is 32.6 Å². The quantitative estimate of drug-likeness (QED) is 0.429. The number of allylic oxidation sites excluding steroid dienone is 1. The van der Waals surface area contributed by atoms with Crippen LogP contribution in [0, 0.1) is 5.92 Å². The van der Waals surface area contributed by atoms with Crippen LogP contribution in [0.4, 0.5) is 0 Å². The maximum absolute atomic E-state index is 5.93. The van der Waals surface area contributed by atoms with E-state index in [9.17, 15) is 0 Å². The average Bonchev–Trinajstić information content (AvgIpc) is 2.18. The highest BCUT2D eigenvalue weighted by Gasteiger charge is 2.16. The lowest BCUT2D eigenvalue weighted by molar-refractivity contribution is 0.278. The number of rotatable bonds is 2. The van der Waals surface area contributed by atoms with Crippen LogP contribution in [-0.4, -0.2) is 30.5 Å². The number of hydrogen-bond acceptors (Lipinski definition) is 1. The SMILES string of the molecule is CC(C)=CCN=C(N)N1CCC(C)CC1. The Morgan fingerprint density at radius 1 is 1.40 bits per heavy atom. The standard InChI is InChI=1S/C12H23N3/c1-10(2)4-7-14-12(13)15-8-5-11(3)6-9-15/h4,11H,5-9H2,1-3H3,(H2,13,14). The molecule has 0 spiro atoms. The summed E-state index contributed by atoms with van der Waals surface area (Å²) in [7, 11) is 0. The van der Waals surface area contributed by atoms with Gasteiger partial charge in [-0.3, -0.25) is 0 Å². The summed E-state index contributed by atoms with van der Waals surface area (Å²) in [4.78, 5) is 6.55. The van der Waals surface area contributed by atoms with E-state index in [4.69, 9.17) is 5.73 Å². The van der Waals surface area contributed by atoms with Crippen LogP contribution >= 0.6 is 0 Å². The van der Waals surface area contributed by atoms with Crippen LogP contribution in [0.5, 0.6) is 0 Å². The Balaban J connectivity index is 2.39. The minimum Gasteiger partial charge on any atom is -0.370 e. The number of piperidine rings is 1. The molecule has 1 saturated heterocycles. The Kier molecular flexibility index (Phi) is 4.66. The van der Waals surface area contributed by atoms with Crippen LogP contribution in [0.15, 0.2) is 16.6 Å². The number of guanidine groups is 1. The first-order valence-corrected chi connectivity index (χ1v) is 5.78. The lowest BCUT2D eigenvalue weighted by Gasteiger charge is -2.30. The van der Waals surface area contributed by atoms with Crippen LogP contribution in [0.25, 0.3) is 0 Å². The second-order valence-electron chi connectivity index (χ2n) is 4.65. The predicted molar refractivity (Wildman–Crippen MR) is 65.9 cm³/mol. The van der Waals surface area contributed by atoms with Gasteiger partial charge in [0, 0.05) is 13.1 Å². The van der Waals surface area contributed by atoms with Crippen molar-refractivity contribution < 1.29 is 0 Å². The van der Waals surface area contributed by atoms with E-state index < -0.39 is 0 Å². The number of nitrogens with zero attached hydrogens (tertiary/aromatic N) is 2. The summed E-state index contributed by atoms with van der Waals surface area (Å²) in [5.41, 5.74) is 7.22. The molecule has 1 rings (SSSR count).